The average Bonchev–Trinajstić information content (AvgIpc) is 2.55. The fourth-order valence-electron chi connectivity index (χ4n) is 2.96. The number of methoxy groups -OCH3 is 1. The summed E-state index contributed by atoms with van der Waals surface area (Å²) in [7, 11) is 1.43. The van der Waals surface area contributed by atoms with Crippen LogP contribution < -0.4 is 14.2 Å². The van der Waals surface area contributed by atoms with Gasteiger partial charge in [0.15, 0.2) is 11.5 Å². The molecule has 7 nitrogen and oxygen atoms in total. The molecule has 0 amide bonds. The maximum Gasteiger partial charge on any atom is 0.308 e. The molecule has 7 heteroatoms. The van der Waals surface area contributed by atoms with E-state index in [1.165, 1.54) is 34.8 Å². The van der Waals surface area contributed by atoms with Crippen LogP contribution >= 0.6 is 0 Å². The fourth-order valence-corrected chi connectivity index (χ4v) is 2.96. The molecular formula is C20H20O7. The van der Waals surface area contributed by atoms with Crippen molar-refractivity contribution in [2.75, 3.05) is 7.11 Å². The van der Waals surface area contributed by atoms with Crippen molar-refractivity contribution in [1.29, 1.82) is 0 Å². The third-order valence-corrected chi connectivity index (χ3v) is 3.79. The Labute approximate surface area is 156 Å². The lowest BCUT2D eigenvalue weighted by Crippen LogP contribution is -2.15. The molecule has 2 rings (SSSR count). The summed E-state index contributed by atoms with van der Waals surface area (Å²) in [5, 5.41) is 0.700. The Morgan fingerprint density at radius 2 is 1.48 bits per heavy atom. The van der Waals surface area contributed by atoms with Gasteiger partial charge in [-0.25, -0.2) is 0 Å². The number of carbonyl (C=O) groups is 4. The number of esters is 2. The van der Waals surface area contributed by atoms with Crippen molar-refractivity contribution in [2.24, 2.45) is 0 Å². The highest BCUT2D eigenvalue weighted by Gasteiger charge is 2.28. The van der Waals surface area contributed by atoms with Crippen molar-refractivity contribution < 1.29 is 33.4 Å². The zero-order valence-corrected chi connectivity index (χ0v) is 15.8. The van der Waals surface area contributed by atoms with Crippen LogP contribution in [0.4, 0.5) is 0 Å². The number of ether oxygens (including phenoxy) is 3. The predicted octanol–water partition coefficient (Wildman–Crippen LogP) is 3.03. The summed E-state index contributed by atoms with van der Waals surface area (Å²) in [6, 6.07) is 4.93. The molecule has 0 bridgehead atoms. The Balaban J connectivity index is 3.12. The average molecular weight is 372 g/mol. The topological polar surface area (TPSA) is 96.0 Å². The molecular weight excluding hydrogens is 352 g/mol. The van der Waals surface area contributed by atoms with Crippen LogP contribution in [0.5, 0.6) is 17.2 Å². The van der Waals surface area contributed by atoms with Crippen molar-refractivity contribution in [3.63, 3.8) is 0 Å². The molecule has 2 aromatic rings. The number of rotatable bonds is 6. The van der Waals surface area contributed by atoms with Crippen molar-refractivity contribution >= 4 is 34.3 Å². The molecule has 0 heterocycles. The molecule has 0 atom stereocenters. The van der Waals surface area contributed by atoms with Crippen LogP contribution in [0.2, 0.25) is 0 Å². The number of hydrogen-bond acceptors (Lipinski definition) is 7. The SMILES string of the molecule is COc1cccc2c(OC(C)=O)c(CC(C)=O)c(C(C)=O)c(OC(C)=O)c12. The Hall–Kier alpha value is -3.22. The number of Topliss-reactive ketones (excluding diaryl/α,β-unsaturated/α-hetero) is 2. The fraction of sp³-hybridized carbons (Fsp3) is 0.300. The highest BCUT2D eigenvalue weighted by molar-refractivity contribution is 6.11. The molecule has 0 saturated carbocycles. The van der Waals surface area contributed by atoms with Crippen LogP contribution in [0.15, 0.2) is 18.2 Å². The second-order valence-corrected chi connectivity index (χ2v) is 6.02. The van der Waals surface area contributed by atoms with Crippen LogP contribution in [0.25, 0.3) is 10.8 Å². The van der Waals surface area contributed by atoms with Crippen molar-refractivity contribution in [2.45, 2.75) is 34.1 Å². The normalized spacial score (nSPS) is 10.4. The van der Waals surface area contributed by atoms with Crippen LogP contribution in [0.1, 0.15) is 43.6 Å². The Bertz CT molecular complexity index is 957. The van der Waals surface area contributed by atoms with Gasteiger partial charge in [0, 0.05) is 31.2 Å². The molecule has 0 saturated heterocycles. The predicted molar refractivity (Wildman–Crippen MR) is 97.5 cm³/mol. The Morgan fingerprint density at radius 1 is 0.889 bits per heavy atom. The van der Waals surface area contributed by atoms with Gasteiger partial charge in [-0.2, -0.15) is 0 Å². The summed E-state index contributed by atoms with van der Waals surface area (Å²) < 4.78 is 16.1. The Morgan fingerprint density at radius 3 is 1.96 bits per heavy atom. The maximum atomic E-state index is 12.4. The zero-order valence-electron chi connectivity index (χ0n) is 15.8. The first-order chi connectivity index (χ1) is 12.7. The molecule has 0 aliphatic rings. The monoisotopic (exact) mass is 372 g/mol. The van der Waals surface area contributed by atoms with Gasteiger partial charge in [-0.05, 0) is 19.9 Å². The summed E-state index contributed by atoms with van der Waals surface area (Å²) in [6.45, 7) is 5.06. The number of fused-ring (bicyclic) bond motifs is 1. The minimum Gasteiger partial charge on any atom is -0.496 e. The second-order valence-electron chi connectivity index (χ2n) is 6.02. The van der Waals surface area contributed by atoms with Gasteiger partial charge in [-0.15, -0.1) is 0 Å². The first-order valence-electron chi connectivity index (χ1n) is 8.20. The number of benzene rings is 2. The molecule has 0 radical (unpaired) electrons. The van der Waals surface area contributed by atoms with Crippen LogP contribution in [-0.2, 0) is 20.8 Å². The summed E-state index contributed by atoms with van der Waals surface area (Å²) in [5.41, 5.74) is 0.204. The minimum atomic E-state index is -0.640. The first-order valence-corrected chi connectivity index (χ1v) is 8.20. The van der Waals surface area contributed by atoms with Gasteiger partial charge in [0.1, 0.15) is 17.3 Å². The van der Waals surface area contributed by atoms with Gasteiger partial charge in [0.25, 0.3) is 0 Å². The van der Waals surface area contributed by atoms with Crippen molar-refractivity contribution in [3.8, 4) is 17.2 Å². The number of carbonyl (C=O) groups excluding carboxylic acids is 4. The van der Waals surface area contributed by atoms with Gasteiger partial charge in [0.05, 0.1) is 18.1 Å². The molecule has 0 unspecified atom stereocenters. The minimum absolute atomic E-state index is 0.00801. The molecule has 0 fully saturated rings. The molecule has 2 aromatic carbocycles. The van der Waals surface area contributed by atoms with Crippen molar-refractivity contribution in [1.82, 2.24) is 0 Å². The van der Waals surface area contributed by atoms with E-state index in [0.717, 1.165) is 0 Å². The van der Waals surface area contributed by atoms with E-state index in [9.17, 15) is 19.2 Å². The first kappa shape index (κ1) is 20.1. The number of ketones is 2. The van der Waals surface area contributed by atoms with E-state index in [4.69, 9.17) is 14.2 Å². The number of hydrogen-bond donors (Lipinski definition) is 0. The van der Waals surface area contributed by atoms with E-state index in [1.807, 2.05) is 0 Å². The molecule has 27 heavy (non-hydrogen) atoms. The maximum absolute atomic E-state index is 12.4. The largest absolute Gasteiger partial charge is 0.496 e. The molecule has 0 aliphatic carbocycles. The quantitative estimate of drug-likeness (QED) is 0.437. The van der Waals surface area contributed by atoms with Crippen molar-refractivity contribution in [3.05, 3.63) is 29.3 Å². The third kappa shape index (κ3) is 4.13. The zero-order chi connectivity index (χ0) is 20.3. The lowest BCUT2D eigenvalue weighted by atomic mass is 9.92. The van der Waals surface area contributed by atoms with E-state index in [-0.39, 0.29) is 34.8 Å². The van der Waals surface area contributed by atoms with Crippen LogP contribution in [0.3, 0.4) is 0 Å². The molecule has 0 aliphatic heterocycles. The third-order valence-electron chi connectivity index (χ3n) is 3.79. The van der Waals surface area contributed by atoms with Gasteiger partial charge >= 0.3 is 11.9 Å². The highest BCUT2D eigenvalue weighted by atomic mass is 16.5. The molecule has 142 valence electrons. The van der Waals surface area contributed by atoms with E-state index >= 15 is 0 Å². The van der Waals surface area contributed by atoms with E-state index in [1.54, 1.807) is 18.2 Å². The summed E-state index contributed by atoms with van der Waals surface area (Å²) in [6.07, 6.45) is -0.168. The van der Waals surface area contributed by atoms with E-state index in [2.05, 4.69) is 0 Å². The van der Waals surface area contributed by atoms with Crippen LogP contribution in [-0.4, -0.2) is 30.6 Å². The van der Waals surface area contributed by atoms with Gasteiger partial charge in [0.2, 0.25) is 0 Å². The molecule has 0 N–H and O–H groups in total. The summed E-state index contributed by atoms with van der Waals surface area (Å²) in [4.78, 5) is 47.7. The summed E-state index contributed by atoms with van der Waals surface area (Å²) >= 11 is 0. The Kier molecular flexibility index (Phi) is 5.95. The van der Waals surface area contributed by atoms with Crippen LogP contribution in [0, 0.1) is 0 Å². The summed E-state index contributed by atoms with van der Waals surface area (Å²) in [5.74, 6) is -1.56. The lowest BCUT2D eigenvalue weighted by Gasteiger charge is -2.20. The van der Waals surface area contributed by atoms with Gasteiger partial charge < -0.3 is 14.2 Å². The van der Waals surface area contributed by atoms with Gasteiger partial charge in [-0.3, -0.25) is 19.2 Å². The second kappa shape index (κ2) is 7.99. The lowest BCUT2D eigenvalue weighted by molar-refractivity contribution is -0.133. The highest BCUT2D eigenvalue weighted by Crippen LogP contribution is 2.45. The standard InChI is InChI=1S/C20H20O7/c1-10(21)9-15-17(11(2)22)20(27-13(4)24)18-14(19(15)26-12(3)23)7-6-8-16(18)25-5/h6-8H,9H2,1-5H3. The van der Waals surface area contributed by atoms with E-state index < -0.39 is 17.7 Å². The molecule has 0 spiro atoms. The molecule has 0 aromatic heterocycles. The smallest absolute Gasteiger partial charge is 0.308 e. The van der Waals surface area contributed by atoms with E-state index in [0.29, 0.717) is 16.5 Å². The van der Waals surface area contributed by atoms with Gasteiger partial charge in [-0.1, -0.05) is 12.1 Å².